The van der Waals surface area contributed by atoms with Gasteiger partial charge in [-0.3, -0.25) is 5.10 Å². The summed E-state index contributed by atoms with van der Waals surface area (Å²) in [4.78, 5) is 4.06. The minimum Gasteiger partial charge on any atom is -0.493 e. The lowest BCUT2D eigenvalue weighted by Gasteiger charge is -2.10. The van der Waals surface area contributed by atoms with Crippen molar-refractivity contribution in [3.05, 3.63) is 24.5 Å². The zero-order valence-corrected chi connectivity index (χ0v) is 13.7. The normalized spacial score (nSPS) is 11.4. The number of hydrogen-bond donors (Lipinski definition) is 2. The van der Waals surface area contributed by atoms with Gasteiger partial charge in [0.1, 0.15) is 6.33 Å². The number of ether oxygens (including phenoxy) is 2. The Morgan fingerprint density at radius 3 is 2.68 bits per heavy atom. The summed E-state index contributed by atoms with van der Waals surface area (Å²) in [5, 5.41) is 7.04. The largest absolute Gasteiger partial charge is 0.493 e. The number of nitrogens with one attached hydrogen (secondary N) is 2. The first kappa shape index (κ1) is 16.6. The van der Waals surface area contributed by atoms with E-state index in [1.54, 1.807) is 6.07 Å². The SMILES string of the molecule is COc1ccc(S(=O)(=O)NCCSc2ncn[nH]2)cc1OC. The van der Waals surface area contributed by atoms with Crippen LogP contribution in [0.1, 0.15) is 0 Å². The molecule has 0 aliphatic heterocycles. The second-order valence-corrected chi connectivity index (χ2v) is 6.90. The first-order chi connectivity index (χ1) is 10.6. The average Bonchev–Trinajstić information content (AvgIpc) is 3.04. The fraction of sp³-hybridized carbons (Fsp3) is 0.333. The number of thioether (sulfide) groups is 1. The molecule has 10 heteroatoms. The van der Waals surface area contributed by atoms with Gasteiger partial charge in [-0.2, -0.15) is 5.10 Å². The van der Waals surface area contributed by atoms with Crippen LogP contribution in [0.5, 0.6) is 11.5 Å². The number of methoxy groups -OCH3 is 2. The van der Waals surface area contributed by atoms with Gasteiger partial charge in [0.25, 0.3) is 0 Å². The molecule has 0 bridgehead atoms. The van der Waals surface area contributed by atoms with Gasteiger partial charge in [0, 0.05) is 18.4 Å². The number of hydrogen-bond acceptors (Lipinski definition) is 7. The van der Waals surface area contributed by atoms with Gasteiger partial charge in [-0.25, -0.2) is 18.1 Å². The number of nitrogens with zero attached hydrogens (tertiary/aromatic N) is 2. The summed E-state index contributed by atoms with van der Waals surface area (Å²) in [5.41, 5.74) is 0. The fourth-order valence-electron chi connectivity index (χ4n) is 1.65. The van der Waals surface area contributed by atoms with Crippen molar-refractivity contribution in [2.75, 3.05) is 26.5 Å². The molecule has 1 aromatic heterocycles. The van der Waals surface area contributed by atoms with Crippen molar-refractivity contribution in [3.63, 3.8) is 0 Å². The molecule has 0 aliphatic rings. The molecule has 2 N–H and O–H groups in total. The first-order valence-corrected chi connectivity index (χ1v) is 8.73. The fourth-order valence-corrected chi connectivity index (χ4v) is 3.47. The lowest BCUT2D eigenvalue weighted by molar-refractivity contribution is 0.354. The molecular formula is C12H16N4O4S2. The van der Waals surface area contributed by atoms with E-state index in [1.165, 1.54) is 44.4 Å². The zero-order valence-electron chi connectivity index (χ0n) is 12.1. The Kier molecular flexibility index (Phi) is 5.63. The topological polar surface area (TPSA) is 106 Å². The van der Waals surface area contributed by atoms with Gasteiger partial charge in [-0.1, -0.05) is 11.8 Å². The molecule has 2 aromatic rings. The van der Waals surface area contributed by atoms with E-state index in [4.69, 9.17) is 9.47 Å². The first-order valence-electron chi connectivity index (χ1n) is 6.26. The van der Waals surface area contributed by atoms with Crippen LogP contribution < -0.4 is 14.2 Å². The molecule has 0 saturated carbocycles. The second kappa shape index (κ2) is 7.47. The Labute approximate surface area is 132 Å². The molecule has 22 heavy (non-hydrogen) atoms. The average molecular weight is 344 g/mol. The molecule has 2 rings (SSSR count). The molecule has 1 aromatic carbocycles. The molecule has 8 nitrogen and oxygen atoms in total. The Hall–Kier alpha value is -1.78. The van der Waals surface area contributed by atoms with Crippen molar-refractivity contribution in [2.24, 2.45) is 0 Å². The molecule has 0 fully saturated rings. The van der Waals surface area contributed by atoms with Crippen molar-refractivity contribution in [2.45, 2.75) is 10.1 Å². The van der Waals surface area contributed by atoms with Crippen LogP contribution in [0.4, 0.5) is 0 Å². The van der Waals surface area contributed by atoms with Gasteiger partial charge >= 0.3 is 0 Å². The van der Waals surface area contributed by atoms with Crippen LogP contribution in [0.3, 0.4) is 0 Å². The summed E-state index contributed by atoms with van der Waals surface area (Å²) >= 11 is 1.38. The number of aromatic amines is 1. The van der Waals surface area contributed by atoms with Gasteiger partial charge < -0.3 is 9.47 Å². The summed E-state index contributed by atoms with van der Waals surface area (Å²) in [5.74, 6) is 1.37. The van der Waals surface area contributed by atoms with E-state index in [0.29, 0.717) is 22.4 Å². The number of sulfonamides is 1. The van der Waals surface area contributed by atoms with Gasteiger partial charge in [-0.05, 0) is 12.1 Å². The van der Waals surface area contributed by atoms with Crippen molar-refractivity contribution in [1.29, 1.82) is 0 Å². The van der Waals surface area contributed by atoms with E-state index >= 15 is 0 Å². The predicted molar refractivity (Wildman–Crippen MR) is 81.8 cm³/mol. The number of aromatic nitrogens is 3. The lowest BCUT2D eigenvalue weighted by atomic mass is 10.3. The molecule has 0 unspecified atom stereocenters. The van der Waals surface area contributed by atoms with Crippen LogP contribution in [0.2, 0.25) is 0 Å². The van der Waals surface area contributed by atoms with Crippen molar-refractivity contribution in [3.8, 4) is 11.5 Å². The van der Waals surface area contributed by atoms with Crippen LogP contribution in [-0.2, 0) is 10.0 Å². The van der Waals surface area contributed by atoms with Crippen molar-refractivity contribution >= 4 is 21.8 Å². The molecule has 0 spiro atoms. The quantitative estimate of drug-likeness (QED) is 0.541. The van der Waals surface area contributed by atoms with E-state index in [9.17, 15) is 8.42 Å². The van der Waals surface area contributed by atoms with Crippen LogP contribution >= 0.6 is 11.8 Å². The summed E-state index contributed by atoms with van der Waals surface area (Å²) in [7, 11) is -0.659. The molecule has 0 radical (unpaired) electrons. The van der Waals surface area contributed by atoms with E-state index in [-0.39, 0.29) is 11.4 Å². The van der Waals surface area contributed by atoms with Gasteiger partial charge in [-0.15, -0.1) is 0 Å². The maximum Gasteiger partial charge on any atom is 0.240 e. The zero-order chi connectivity index (χ0) is 16.0. The van der Waals surface area contributed by atoms with Crippen LogP contribution in [0, 0.1) is 0 Å². The minimum atomic E-state index is -3.60. The third-order valence-corrected chi connectivity index (χ3v) is 5.03. The highest BCUT2D eigenvalue weighted by Gasteiger charge is 2.16. The standard InChI is InChI=1S/C12H16N4O4S2/c1-19-10-4-3-9(7-11(10)20-2)22(17,18)15-5-6-21-12-13-8-14-16-12/h3-4,7-8,15H,5-6H2,1-2H3,(H,13,14,16). The smallest absolute Gasteiger partial charge is 0.240 e. The van der Waals surface area contributed by atoms with Crippen LogP contribution in [-0.4, -0.2) is 50.1 Å². The minimum absolute atomic E-state index is 0.120. The highest BCUT2D eigenvalue weighted by molar-refractivity contribution is 7.99. The molecule has 0 aliphatic carbocycles. The number of benzene rings is 1. The summed E-state index contributed by atoms with van der Waals surface area (Å²) in [6, 6.07) is 4.44. The molecule has 120 valence electrons. The lowest BCUT2D eigenvalue weighted by Crippen LogP contribution is -2.26. The van der Waals surface area contributed by atoms with E-state index in [0.717, 1.165) is 0 Å². The third-order valence-electron chi connectivity index (χ3n) is 2.69. The molecule has 0 amide bonds. The van der Waals surface area contributed by atoms with E-state index in [1.807, 2.05) is 0 Å². The van der Waals surface area contributed by atoms with Gasteiger partial charge in [0.15, 0.2) is 16.7 Å². The van der Waals surface area contributed by atoms with Gasteiger partial charge in [0.2, 0.25) is 10.0 Å². The predicted octanol–water partition coefficient (Wildman–Crippen LogP) is 0.892. The Morgan fingerprint density at radius 2 is 2.05 bits per heavy atom. The summed E-state index contributed by atoms with van der Waals surface area (Å²) in [6.45, 7) is 0.266. The van der Waals surface area contributed by atoms with Gasteiger partial charge in [0.05, 0.1) is 19.1 Å². The monoisotopic (exact) mass is 344 g/mol. The summed E-state index contributed by atoms with van der Waals surface area (Å²) in [6.07, 6.45) is 1.40. The molecule has 1 heterocycles. The number of rotatable bonds is 8. The second-order valence-electron chi connectivity index (χ2n) is 4.05. The Morgan fingerprint density at radius 1 is 1.27 bits per heavy atom. The van der Waals surface area contributed by atoms with Crippen LogP contribution in [0.15, 0.2) is 34.6 Å². The highest BCUT2D eigenvalue weighted by atomic mass is 32.2. The summed E-state index contributed by atoms with van der Waals surface area (Å²) < 4.78 is 37.1. The number of H-pyrrole nitrogens is 1. The third kappa shape index (κ3) is 4.12. The Bertz CT molecular complexity index is 704. The van der Waals surface area contributed by atoms with Crippen molar-refractivity contribution in [1.82, 2.24) is 19.9 Å². The van der Waals surface area contributed by atoms with Crippen LogP contribution in [0.25, 0.3) is 0 Å². The molecule has 0 saturated heterocycles. The maximum absolute atomic E-state index is 12.2. The molecular weight excluding hydrogens is 328 g/mol. The maximum atomic E-state index is 12.2. The van der Waals surface area contributed by atoms with Crippen molar-refractivity contribution < 1.29 is 17.9 Å². The highest BCUT2D eigenvalue weighted by Crippen LogP contribution is 2.29. The molecule has 0 atom stereocenters. The Balaban J connectivity index is 1.97. The van der Waals surface area contributed by atoms with E-state index < -0.39 is 10.0 Å². The van der Waals surface area contributed by atoms with E-state index in [2.05, 4.69) is 19.9 Å².